The van der Waals surface area contributed by atoms with Crippen LogP contribution in [0.15, 0.2) is 0 Å². The molecule has 0 heterocycles. The van der Waals surface area contributed by atoms with E-state index in [1.165, 1.54) is 0 Å². The van der Waals surface area contributed by atoms with E-state index in [1.54, 1.807) is 6.92 Å². The Bertz CT molecular complexity index is 354. The number of carboxylic acids is 1. The first-order valence-electron chi connectivity index (χ1n) is 6.04. The molecule has 0 aliphatic heterocycles. The van der Waals surface area contributed by atoms with Crippen molar-refractivity contribution in [2.45, 2.75) is 44.3 Å². The largest absolute Gasteiger partial charge is 0.481 e. The van der Waals surface area contributed by atoms with Gasteiger partial charge in [0, 0.05) is 13.0 Å². The molecule has 1 aliphatic rings. The Hall–Kier alpha value is -1.47. The molecule has 1 unspecified atom stereocenters. The zero-order valence-electron chi connectivity index (χ0n) is 10.5. The van der Waals surface area contributed by atoms with Crippen LogP contribution in [0.4, 0.5) is 18.0 Å². The van der Waals surface area contributed by atoms with Crippen LogP contribution < -0.4 is 10.6 Å². The molecule has 1 atom stereocenters. The summed E-state index contributed by atoms with van der Waals surface area (Å²) in [7, 11) is 0. The highest BCUT2D eigenvalue weighted by molar-refractivity contribution is 5.75. The number of nitrogens with one attached hydrogen (secondary N) is 2. The zero-order valence-corrected chi connectivity index (χ0v) is 10.5. The lowest BCUT2D eigenvalue weighted by Gasteiger charge is -2.21. The van der Waals surface area contributed by atoms with Crippen molar-refractivity contribution in [3.63, 3.8) is 0 Å². The molecule has 8 heteroatoms. The first-order valence-corrected chi connectivity index (χ1v) is 6.04. The van der Waals surface area contributed by atoms with Gasteiger partial charge in [0.25, 0.3) is 0 Å². The van der Waals surface area contributed by atoms with Gasteiger partial charge in [-0.15, -0.1) is 0 Å². The Kier molecular flexibility index (Phi) is 4.65. The van der Waals surface area contributed by atoms with E-state index in [0.717, 1.165) is 0 Å². The van der Waals surface area contributed by atoms with E-state index in [0.29, 0.717) is 6.42 Å². The molecule has 0 radical (unpaired) electrons. The molecule has 0 bridgehead atoms. The molecule has 1 rings (SSSR count). The van der Waals surface area contributed by atoms with E-state index < -0.39 is 23.7 Å². The van der Waals surface area contributed by atoms with Crippen LogP contribution in [-0.2, 0) is 4.79 Å². The topological polar surface area (TPSA) is 78.4 Å². The maximum Gasteiger partial charge on any atom is 0.411 e. The van der Waals surface area contributed by atoms with E-state index in [1.807, 2.05) is 5.32 Å². The van der Waals surface area contributed by atoms with Crippen molar-refractivity contribution in [3.8, 4) is 0 Å². The molecular weight excluding hydrogens is 265 g/mol. The van der Waals surface area contributed by atoms with Crippen molar-refractivity contribution >= 4 is 12.0 Å². The summed E-state index contributed by atoms with van der Waals surface area (Å²) in [5, 5.41) is 12.8. The fraction of sp³-hybridized carbons (Fsp3) is 0.818. The van der Waals surface area contributed by atoms with Crippen molar-refractivity contribution in [3.05, 3.63) is 0 Å². The summed E-state index contributed by atoms with van der Waals surface area (Å²) >= 11 is 0. The van der Waals surface area contributed by atoms with Gasteiger partial charge in [0.2, 0.25) is 0 Å². The molecule has 1 fully saturated rings. The Morgan fingerprint density at radius 1 is 1.37 bits per heavy atom. The highest BCUT2D eigenvalue weighted by Gasteiger charge is 2.64. The van der Waals surface area contributed by atoms with Crippen LogP contribution in [0.3, 0.4) is 0 Å². The van der Waals surface area contributed by atoms with Crippen molar-refractivity contribution in [1.29, 1.82) is 0 Å². The van der Waals surface area contributed by atoms with Crippen LogP contribution in [0.25, 0.3) is 0 Å². The van der Waals surface area contributed by atoms with Crippen molar-refractivity contribution in [1.82, 2.24) is 10.6 Å². The van der Waals surface area contributed by atoms with E-state index >= 15 is 0 Å². The average molecular weight is 282 g/mol. The smallest absolute Gasteiger partial charge is 0.411 e. The van der Waals surface area contributed by atoms with Crippen LogP contribution >= 0.6 is 0 Å². The minimum Gasteiger partial charge on any atom is -0.481 e. The maximum absolute atomic E-state index is 12.6. The molecule has 5 nitrogen and oxygen atoms in total. The molecule has 1 aliphatic carbocycles. The number of halogens is 3. The minimum absolute atomic E-state index is 0.0442. The van der Waals surface area contributed by atoms with Gasteiger partial charge in [-0.05, 0) is 18.8 Å². The number of alkyl halides is 3. The average Bonchev–Trinajstić information content (AvgIpc) is 3.03. The zero-order chi connectivity index (χ0) is 14.7. The third-order valence-electron chi connectivity index (χ3n) is 3.24. The number of urea groups is 1. The van der Waals surface area contributed by atoms with Gasteiger partial charge in [0.1, 0.15) is 5.54 Å². The molecule has 110 valence electrons. The molecule has 3 N–H and O–H groups in total. The van der Waals surface area contributed by atoms with E-state index in [4.69, 9.17) is 5.11 Å². The summed E-state index contributed by atoms with van der Waals surface area (Å²) in [6.45, 7) is 1.80. The molecular formula is C11H17F3N2O3. The summed E-state index contributed by atoms with van der Waals surface area (Å²) in [5.74, 6) is -1.28. The van der Waals surface area contributed by atoms with Gasteiger partial charge in [-0.1, -0.05) is 13.3 Å². The lowest BCUT2D eigenvalue weighted by Crippen LogP contribution is -2.52. The lowest BCUT2D eigenvalue weighted by molar-refractivity contribution is -0.162. The molecule has 2 amide bonds. The summed E-state index contributed by atoms with van der Waals surface area (Å²) in [4.78, 5) is 21.9. The Morgan fingerprint density at radius 2 is 1.95 bits per heavy atom. The summed E-state index contributed by atoms with van der Waals surface area (Å²) in [6.07, 6.45) is -4.28. The highest BCUT2D eigenvalue weighted by atomic mass is 19.4. The Labute approximate surface area is 108 Å². The van der Waals surface area contributed by atoms with Gasteiger partial charge >= 0.3 is 18.2 Å². The number of rotatable bonds is 6. The van der Waals surface area contributed by atoms with E-state index in [-0.39, 0.29) is 31.7 Å². The van der Waals surface area contributed by atoms with Gasteiger partial charge in [-0.3, -0.25) is 4.79 Å². The predicted octanol–water partition coefficient (Wildman–Crippen LogP) is 1.88. The Balaban J connectivity index is 2.38. The normalized spacial score (nSPS) is 18.5. The SMILES string of the molecule is CCC(CNC(=O)NC1(C(F)(F)F)CC1)CC(=O)O. The highest BCUT2D eigenvalue weighted by Crippen LogP contribution is 2.48. The second-order valence-electron chi connectivity index (χ2n) is 4.79. The standard InChI is InChI=1S/C11H17F3N2O3/c1-2-7(5-8(17)18)6-15-9(19)16-10(3-4-10)11(12,13)14/h7H,2-6H2,1H3,(H,17,18)(H2,15,16,19). The van der Waals surface area contributed by atoms with Gasteiger partial charge in [-0.2, -0.15) is 13.2 Å². The second kappa shape index (κ2) is 5.66. The molecule has 0 saturated heterocycles. The number of hydrogen-bond acceptors (Lipinski definition) is 2. The minimum atomic E-state index is -4.45. The number of carboxylic acid groups (broad SMARTS) is 1. The van der Waals surface area contributed by atoms with E-state index in [2.05, 4.69) is 5.32 Å². The van der Waals surface area contributed by atoms with Crippen molar-refractivity contribution in [2.75, 3.05) is 6.54 Å². The third kappa shape index (κ3) is 4.29. The lowest BCUT2D eigenvalue weighted by atomic mass is 10.0. The molecule has 0 spiro atoms. The maximum atomic E-state index is 12.6. The van der Waals surface area contributed by atoms with Crippen molar-refractivity contribution in [2.24, 2.45) is 5.92 Å². The molecule has 0 aromatic heterocycles. The van der Waals surface area contributed by atoms with Crippen LogP contribution in [-0.4, -0.2) is 35.4 Å². The van der Waals surface area contributed by atoms with E-state index in [9.17, 15) is 22.8 Å². The first-order chi connectivity index (χ1) is 8.70. The van der Waals surface area contributed by atoms with Crippen LogP contribution in [0.5, 0.6) is 0 Å². The number of aliphatic carboxylic acids is 1. The number of carbonyl (C=O) groups is 2. The fourth-order valence-corrected chi connectivity index (χ4v) is 1.71. The molecule has 1 saturated carbocycles. The summed E-state index contributed by atoms with van der Waals surface area (Å²) < 4.78 is 37.7. The molecule has 0 aromatic rings. The number of amides is 2. The van der Waals surface area contributed by atoms with Gasteiger partial charge in [0.15, 0.2) is 0 Å². The summed E-state index contributed by atoms with van der Waals surface area (Å²) in [6, 6.07) is -0.904. The van der Waals surface area contributed by atoms with Gasteiger partial charge in [-0.25, -0.2) is 4.79 Å². The van der Waals surface area contributed by atoms with Crippen LogP contribution in [0.1, 0.15) is 32.6 Å². The Morgan fingerprint density at radius 3 is 2.32 bits per heavy atom. The van der Waals surface area contributed by atoms with Gasteiger partial charge < -0.3 is 15.7 Å². The predicted molar refractivity (Wildman–Crippen MR) is 60.6 cm³/mol. The number of carbonyl (C=O) groups excluding carboxylic acids is 1. The second-order valence-corrected chi connectivity index (χ2v) is 4.79. The van der Waals surface area contributed by atoms with Crippen LogP contribution in [0.2, 0.25) is 0 Å². The molecule has 19 heavy (non-hydrogen) atoms. The molecule has 0 aromatic carbocycles. The monoisotopic (exact) mass is 282 g/mol. The van der Waals surface area contributed by atoms with Gasteiger partial charge in [0.05, 0.1) is 0 Å². The quantitative estimate of drug-likeness (QED) is 0.696. The van der Waals surface area contributed by atoms with Crippen molar-refractivity contribution < 1.29 is 27.9 Å². The first kappa shape index (κ1) is 15.6. The number of hydrogen-bond donors (Lipinski definition) is 3. The van der Waals surface area contributed by atoms with Crippen LogP contribution in [0, 0.1) is 5.92 Å². The third-order valence-corrected chi connectivity index (χ3v) is 3.24. The fourth-order valence-electron chi connectivity index (χ4n) is 1.71. The summed E-state index contributed by atoms with van der Waals surface area (Å²) in [5.41, 5.74) is -2.09.